The third-order valence-corrected chi connectivity index (χ3v) is 8.42. The van der Waals surface area contributed by atoms with E-state index in [1.54, 1.807) is 0 Å². The van der Waals surface area contributed by atoms with E-state index in [4.69, 9.17) is 9.90 Å². The Kier molecular flexibility index (Phi) is 16.6. The van der Waals surface area contributed by atoms with Gasteiger partial charge < -0.3 is 41.9 Å². The van der Waals surface area contributed by atoms with Gasteiger partial charge in [-0.2, -0.15) is 24.9 Å². The number of hydrogen-bond donors (Lipinski definition) is 7. The second-order valence-corrected chi connectivity index (χ2v) is 11.4. The number of alkyl halides is 3. The average molecular weight is 598 g/mol. The van der Waals surface area contributed by atoms with Gasteiger partial charge in [-0.3, -0.25) is 4.79 Å². The summed E-state index contributed by atoms with van der Waals surface area (Å²) in [5.74, 6) is -1.59. The number of amides is 3. The van der Waals surface area contributed by atoms with E-state index in [2.05, 4.69) is 36.8 Å². The van der Waals surface area contributed by atoms with Crippen molar-refractivity contribution in [2.75, 3.05) is 71.2 Å². The van der Waals surface area contributed by atoms with Gasteiger partial charge in [0.15, 0.2) is 0 Å². The quantitative estimate of drug-likeness (QED) is 0.151. The molecule has 0 aromatic heterocycles. The highest BCUT2D eigenvalue weighted by Crippen LogP contribution is 2.33. The number of hydrogen-bond acceptors (Lipinski definition) is 8. The molecule has 232 valence electrons. The van der Waals surface area contributed by atoms with Crippen molar-refractivity contribution < 1.29 is 32.7 Å². The Morgan fingerprint density at radius 2 is 1.62 bits per heavy atom. The number of nitrogens with one attached hydrogen (secondary N) is 6. The largest absolute Gasteiger partial charge is 0.490 e. The van der Waals surface area contributed by atoms with Gasteiger partial charge >= 0.3 is 18.2 Å². The van der Waals surface area contributed by atoms with Crippen LogP contribution in [0.3, 0.4) is 0 Å². The van der Waals surface area contributed by atoms with Crippen molar-refractivity contribution in [3.63, 3.8) is 0 Å². The highest BCUT2D eigenvalue weighted by atomic mass is 32.2. The van der Waals surface area contributed by atoms with Crippen LogP contribution in [0, 0.1) is 0 Å². The first-order chi connectivity index (χ1) is 19.2. The lowest BCUT2D eigenvalue weighted by atomic mass is 10.0. The molecule has 11 nitrogen and oxygen atoms in total. The third-order valence-electron chi connectivity index (χ3n) is 6.91. The van der Waals surface area contributed by atoms with Crippen LogP contribution in [0.25, 0.3) is 0 Å². The summed E-state index contributed by atoms with van der Waals surface area (Å²) in [6.45, 7) is 10.3. The van der Waals surface area contributed by atoms with Crippen LogP contribution >= 0.6 is 11.8 Å². The predicted molar refractivity (Wildman–Crippen MR) is 150 cm³/mol. The fourth-order valence-electron chi connectivity index (χ4n) is 4.78. The van der Waals surface area contributed by atoms with Crippen LogP contribution < -0.4 is 31.9 Å². The molecular weight excluding hydrogens is 551 g/mol. The lowest BCUT2D eigenvalue weighted by Gasteiger charge is -2.23. The number of fused-ring (bicyclic) bond motifs is 1. The van der Waals surface area contributed by atoms with E-state index in [1.807, 2.05) is 11.8 Å². The van der Waals surface area contributed by atoms with Gasteiger partial charge in [0.25, 0.3) is 0 Å². The average Bonchev–Trinajstić information content (AvgIpc) is 3.45. The zero-order valence-corrected chi connectivity index (χ0v) is 23.9. The number of thioether (sulfide) groups is 1. The van der Waals surface area contributed by atoms with Crippen LogP contribution in [-0.4, -0.2) is 123 Å². The molecule has 0 saturated carbocycles. The molecule has 0 unspecified atom stereocenters. The Bertz CT molecular complexity index is 752. The van der Waals surface area contributed by atoms with Gasteiger partial charge in [0.05, 0.1) is 12.1 Å². The lowest BCUT2D eigenvalue weighted by Crippen LogP contribution is -2.38. The minimum absolute atomic E-state index is 0.0289. The summed E-state index contributed by atoms with van der Waals surface area (Å²) in [5.41, 5.74) is 0. The van der Waals surface area contributed by atoms with E-state index in [9.17, 15) is 22.8 Å². The molecule has 3 atom stereocenters. The first-order valence-corrected chi connectivity index (χ1v) is 15.3. The number of carboxylic acid groups (broad SMARTS) is 1. The molecule has 15 heteroatoms. The van der Waals surface area contributed by atoms with Crippen LogP contribution in [0.5, 0.6) is 0 Å². The van der Waals surface area contributed by atoms with E-state index >= 15 is 0 Å². The van der Waals surface area contributed by atoms with Crippen LogP contribution in [0.4, 0.5) is 18.0 Å². The van der Waals surface area contributed by atoms with Gasteiger partial charge in [-0.15, -0.1) is 0 Å². The molecule has 0 aromatic carbocycles. The zero-order valence-electron chi connectivity index (χ0n) is 23.1. The monoisotopic (exact) mass is 597 g/mol. The summed E-state index contributed by atoms with van der Waals surface area (Å²) in [6, 6.07) is 0.517. The molecule has 7 N–H and O–H groups in total. The van der Waals surface area contributed by atoms with Gasteiger partial charge in [0.2, 0.25) is 5.91 Å². The minimum Gasteiger partial charge on any atom is -0.475 e. The van der Waals surface area contributed by atoms with Crippen molar-refractivity contribution in [2.24, 2.45) is 0 Å². The van der Waals surface area contributed by atoms with Gasteiger partial charge in [0, 0.05) is 50.1 Å². The molecular formula is C25H46F3N7O4S. The number of halogens is 3. The number of carbonyl (C=O) groups is 3. The van der Waals surface area contributed by atoms with Crippen molar-refractivity contribution in [1.82, 2.24) is 36.8 Å². The summed E-state index contributed by atoms with van der Waals surface area (Å²) >= 11 is 1.94. The molecule has 3 saturated heterocycles. The Balaban J connectivity index is 0.000000708. The molecule has 3 heterocycles. The van der Waals surface area contributed by atoms with Crippen LogP contribution in [0.15, 0.2) is 0 Å². The molecule has 0 spiro atoms. The molecule has 0 aliphatic carbocycles. The molecule has 0 aromatic rings. The van der Waals surface area contributed by atoms with Crippen molar-refractivity contribution in [1.29, 1.82) is 0 Å². The van der Waals surface area contributed by atoms with E-state index in [0.717, 1.165) is 103 Å². The standard InChI is InChI=1S/C23H45N7O2S.C2HF3O2/c31-21(7-2-1-6-20-22-19(18-33-20)28-23(32)29-22)27-11-5-16-30-15-4-10-25-13-12-24-8-3-9-26-14-17-30;3-2(4,5)1(6)7/h19-20,22,24-26H,1-18H2,(H,27,31)(H2,28,29,32);(H,6,7)/t19-,20-,22-;/m0./s1. The summed E-state index contributed by atoms with van der Waals surface area (Å²) in [5, 5.41) is 27.3. The minimum atomic E-state index is -5.08. The first kappa shape index (κ1) is 34.4. The number of rotatable bonds is 9. The molecule has 3 aliphatic rings. The van der Waals surface area contributed by atoms with Crippen LogP contribution in [0.1, 0.15) is 44.9 Å². The molecule has 0 bridgehead atoms. The maximum Gasteiger partial charge on any atom is 0.490 e. The Labute approximate surface area is 238 Å². The number of carbonyl (C=O) groups excluding carboxylic acids is 2. The number of aliphatic carboxylic acids is 1. The smallest absolute Gasteiger partial charge is 0.475 e. The van der Waals surface area contributed by atoms with Gasteiger partial charge in [-0.25, -0.2) is 9.59 Å². The van der Waals surface area contributed by atoms with Crippen LogP contribution in [-0.2, 0) is 9.59 Å². The second-order valence-electron chi connectivity index (χ2n) is 10.2. The molecule has 40 heavy (non-hydrogen) atoms. The van der Waals surface area contributed by atoms with E-state index in [1.165, 1.54) is 6.42 Å². The second kappa shape index (κ2) is 19.3. The van der Waals surface area contributed by atoms with E-state index in [0.29, 0.717) is 11.7 Å². The molecule has 3 fully saturated rings. The molecule has 3 aliphatic heterocycles. The zero-order chi connectivity index (χ0) is 29.2. The highest BCUT2D eigenvalue weighted by molar-refractivity contribution is 8.00. The topological polar surface area (TPSA) is 147 Å². The van der Waals surface area contributed by atoms with Crippen molar-refractivity contribution in [3.8, 4) is 0 Å². The molecule has 0 radical (unpaired) electrons. The Morgan fingerprint density at radius 1 is 0.950 bits per heavy atom. The van der Waals surface area contributed by atoms with E-state index < -0.39 is 12.1 Å². The summed E-state index contributed by atoms with van der Waals surface area (Å²) in [7, 11) is 0. The SMILES string of the molecule is O=C(CCCC[C@@H]1SC[C@@H]2NC(=O)N[C@@H]21)NCCCN1CCCNCCNCCCNCC1.O=C(O)C(F)(F)F. The predicted octanol–water partition coefficient (Wildman–Crippen LogP) is 0.716. The summed E-state index contributed by atoms with van der Waals surface area (Å²) in [4.78, 5) is 35.1. The number of urea groups is 1. The fraction of sp³-hybridized carbons (Fsp3) is 0.880. The Morgan fingerprint density at radius 3 is 2.33 bits per heavy atom. The molecule has 3 rings (SSSR count). The normalized spacial score (nSPS) is 25.0. The van der Waals surface area contributed by atoms with Gasteiger partial charge in [-0.1, -0.05) is 6.42 Å². The van der Waals surface area contributed by atoms with Gasteiger partial charge in [0.1, 0.15) is 0 Å². The summed E-state index contributed by atoms with van der Waals surface area (Å²) < 4.78 is 31.7. The third kappa shape index (κ3) is 14.7. The fourth-order valence-corrected chi connectivity index (χ4v) is 6.33. The number of nitrogens with zero attached hydrogens (tertiary/aromatic N) is 1. The maximum atomic E-state index is 12.2. The summed E-state index contributed by atoms with van der Waals surface area (Å²) in [6.07, 6.45) is 1.86. The van der Waals surface area contributed by atoms with E-state index in [-0.39, 0.29) is 24.0 Å². The van der Waals surface area contributed by atoms with Crippen LogP contribution in [0.2, 0.25) is 0 Å². The van der Waals surface area contributed by atoms with Crippen molar-refractivity contribution >= 4 is 29.7 Å². The molecule has 3 amide bonds. The number of carboxylic acids is 1. The lowest BCUT2D eigenvalue weighted by molar-refractivity contribution is -0.192. The van der Waals surface area contributed by atoms with Crippen molar-refractivity contribution in [2.45, 2.75) is 68.5 Å². The van der Waals surface area contributed by atoms with Crippen molar-refractivity contribution in [3.05, 3.63) is 0 Å². The Hall–Kier alpha value is -1.81. The number of unbranched alkanes of at least 4 members (excludes halogenated alkanes) is 1. The van der Waals surface area contributed by atoms with Gasteiger partial charge in [-0.05, 0) is 64.8 Å². The maximum absolute atomic E-state index is 12.2. The highest BCUT2D eigenvalue weighted by Gasteiger charge is 2.42. The first-order valence-electron chi connectivity index (χ1n) is 14.3.